The fraction of sp³-hybridized carbons (Fsp3) is 0.333. The van der Waals surface area contributed by atoms with Crippen LogP contribution in [0.25, 0.3) is 0 Å². The van der Waals surface area contributed by atoms with Gasteiger partial charge in [-0.15, -0.1) is 0 Å². The van der Waals surface area contributed by atoms with Gasteiger partial charge in [0.2, 0.25) is 0 Å². The quantitative estimate of drug-likeness (QED) is 0.831. The zero-order valence-electron chi connectivity index (χ0n) is 10.5. The number of nitrogens with one attached hydrogen (secondary N) is 1. The van der Waals surface area contributed by atoms with Crippen molar-refractivity contribution < 1.29 is 4.79 Å². The van der Waals surface area contributed by atoms with Gasteiger partial charge < -0.3 is 20.2 Å². The van der Waals surface area contributed by atoms with Gasteiger partial charge in [0.15, 0.2) is 0 Å². The van der Waals surface area contributed by atoms with E-state index < -0.39 is 0 Å². The monoisotopic (exact) mass is 247 g/mol. The number of nitrogens with two attached hydrogens (primary N) is 1. The van der Waals surface area contributed by atoms with Crippen LogP contribution in [0, 0.1) is 0 Å². The smallest absolute Gasteiger partial charge is 0.268 e. The van der Waals surface area contributed by atoms with Crippen LogP contribution in [-0.2, 0) is 13.6 Å². The molecule has 1 amide bonds. The van der Waals surface area contributed by atoms with Gasteiger partial charge in [0.05, 0.1) is 12.0 Å². The van der Waals surface area contributed by atoms with Gasteiger partial charge in [-0.25, -0.2) is 4.98 Å². The largest absolute Gasteiger partial charge is 0.397 e. The molecule has 6 heteroatoms. The van der Waals surface area contributed by atoms with Crippen LogP contribution in [0.5, 0.6) is 0 Å². The van der Waals surface area contributed by atoms with Gasteiger partial charge in [0.1, 0.15) is 5.69 Å². The molecule has 3 N–H and O–H groups in total. The molecule has 96 valence electrons. The summed E-state index contributed by atoms with van der Waals surface area (Å²) in [6, 6.07) is 1.68. The number of amides is 1. The van der Waals surface area contributed by atoms with Crippen molar-refractivity contribution in [3.63, 3.8) is 0 Å². The first-order valence-electron chi connectivity index (χ1n) is 5.74. The molecule has 0 aromatic carbocycles. The van der Waals surface area contributed by atoms with Crippen LogP contribution in [0.2, 0.25) is 0 Å². The molecule has 0 fully saturated rings. The lowest BCUT2D eigenvalue weighted by atomic mass is 10.3. The molecule has 2 rings (SSSR count). The predicted octanol–water partition coefficient (Wildman–Crippen LogP) is 0.622. The average molecular weight is 247 g/mol. The minimum atomic E-state index is -0.123. The number of aryl methyl sites for hydroxylation is 1. The standard InChI is InChI=1S/C12H17N5O/c1-9(6-17-4-3-14-8-17)15-12(18)11-5-10(13)7-16(11)2/h3-5,7-9H,6,13H2,1-2H3,(H,15,18). The number of rotatable bonds is 4. The van der Waals surface area contributed by atoms with Gasteiger partial charge in [-0.05, 0) is 13.0 Å². The summed E-state index contributed by atoms with van der Waals surface area (Å²) in [5.74, 6) is -0.123. The molecule has 2 heterocycles. The molecule has 0 aliphatic rings. The summed E-state index contributed by atoms with van der Waals surface area (Å²) in [5, 5.41) is 2.92. The van der Waals surface area contributed by atoms with E-state index in [0.717, 1.165) is 0 Å². The minimum Gasteiger partial charge on any atom is -0.397 e. The Hall–Kier alpha value is -2.24. The molecule has 6 nitrogen and oxygen atoms in total. The maximum atomic E-state index is 12.0. The molecular weight excluding hydrogens is 230 g/mol. The van der Waals surface area contributed by atoms with Crippen molar-refractivity contribution in [3.8, 4) is 0 Å². The van der Waals surface area contributed by atoms with Crippen molar-refractivity contribution in [1.29, 1.82) is 0 Å². The molecule has 0 aliphatic carbocycles. The van der Waals surface area contributed by atoms with Crippen LogP contribution in [0.1, 0.15) is 17.4 Å². The van der Waals surface area contributed by atoms with Gasteiger partial charge in [0, 0.05) is 38.2 Å². The maximum absolute atomic E-state index is 12.0. The van der Waals surface area contributed by atoms with Crippen LogP contribution in [-0.4, -0.2) is 26.1 Å². The molecular formula is C12H17N5O. The van der Waals surface area contributed by atoms with Crippen LogP contribution < -0.4 is 11.1 Å². The Balaban J connectivity index is 1.97. The number of carbonyl (C=O) groups excluding carboxylic acids is 1. The van der Waals surface area contributed by atoms with Crippen LogP contribution in [0.4, 0.5) is 5.69 Å². The van der Waals surface area contributed by atoms with Gasteiger partial charge >= 0.3 is 0 Å². The van der Waals surface area contributed by atoms with E-state index in [1.165, 1.54) is 0 Å². The topological polar surface area (TPSA) is 77.9 Å². The molecule has 2 aromatic heterocycles. The molecule has 0 radical (unpaired) electrons. The van der Waals surface area contributed by atoms with E-state index in [1.54, 1.807) is 36.4 Å². The summed E-state index contributed by atoms with van der Waals surface area (Å²) < 4.78 is 3.64. The van der Waals surface area contributed by atoms with Crippen LogP contribution >= 0.6 is 0 Å². The van der Waals surface area contributed by atoms with Crippen molar-refractivity contribution in [3.05, 3.63) is 36.7 Å². The number of aromatic nitrogens is 3. The first kappa shape index (κ1) is 12.2. The minimum absolute atomic E-state index is 0.0165. The molecule has 0 aliphatic heterocycles. The summed E-state index contributed by atoms with van der Waals surface area (Å²) in [5.41, 5.74) is 6.79. The number of hydrogen-bond acceptors (Lipinski definition) is 3. The first-order chi connectivity index (χ1) is 8.56. The Morgan fingerprint density at radius 1 is 1.61 bits per heavy atom. The molecule has 1 atom stereocenters. The van der Waals surface area contributed by atoms with Gasteiger partial charge in [0.25, 0.3) is 5.91 Å². The van der Waals surface area contributed by atoms with E-state index in [1.807, 2.05) is 17.7 Å². The van der Waals surface area contributed by atoms with E-state index in [4.69, 9.17) is 5.73 Å². The zero-order chi connectivity index (χ0) is 13.1. The second-order valence-electron chi connectivity index (χ2n) is 4.40. The normalized spacial score (nSPS) is 12.3. The second-order valence-corrected chi connectivity index (χ2v) is 4.40. The Morgan fingerprint density at radius 2 is 2.39 bits per heavy atom. The summed E-state index contributed by atoms with van der Waals surface area (Å²) in [7, 11) is 1.80. The third-order valence-corrected chi connectivity index (χ3v) is 2.68. The van der Waals surface area contributed by atoms with Crippen molar-refractivity contribution >= 4 is 11.6 Å². The fourth-order valence-electron chi connectivity index (χ4n) is 1.87. The van der Waals surface area contributed by atoms with Crippen molar-refractivity contribution in [2.45, 2.75) is 19.5 Å². The SMILES string of the molecule is CC(Cn1ccnc1)NC(=O)c1cc(N)cn1C. The molecule has 0 bridgehead atoms. The summed E-state index contributed by atoms with van der Waals surface area (Å²) in [6.07, 6.45) is 7.02. The van der Waals surface area contributed by atoms with Gasteiger partial charge in [-0.3, -0.25) is 4.79 Å². The Kier molecular flexibility index (Phi) is 3.36. The molecule has 0 spiro atoms. The first-order valence-corrected chi connectivity index (χ1v) is 5.74. The highest BCUT2D eigenvalue weighted by Crippen LogP contribution is 2.08. The summed E-state index contributed by atoms with van der Waals surface area (Å²) in [6.45, 7) is 2.63. The van der Waals surface area contributed by atoms with E-state index in [2.05, 4.69) is 10.3 Å². The highest BCUT2D eigenvalue weighted by molar-refractivity contribution is 5.93. The molecule has 0 saturated heterocycles. The van der Waals surface area contributed by atoms with Crippen molar-refractivity contribution in [2.75, 3.05) is 5.73 Å². The van der Waals surface area contributed by atoms with Crippen LogP contribution in [0.3, 0.4) is 0 Å². The van der Waals surface area contributed by atoms with Gasteiger partial charge in [-0.2, -0.15) is 0 Å². The van der Waals surface area contributed by atoms with Gasteiger partial charge in [-0.1, -0.05) is 0 Å². The zero-order valence-corrected chi connectivity index (χ0v) is 10.5. The number of hydrogen-bond donors (Lipinski definition) is 2. The second kappa shape index (κ2) is 4.95. The maximum Gasteiger partial charge on any atom is 0.268 e. The summed E-state index contributed by atoms with van der Waals surface area (Å²) in [4.78, 5) is 16.0. The lowest BCUT2D eigenvalue weighted by Gasteiger charge is -2.14. The lowest BCUT2D eigenvalue weighted by Crippen LogP contribution is -2.36. The number of carbonyl (C=O) groups is 1. The van der Waals surface area contributed by atoms with Crippen LogP contribution in [0.15, 0.2) is 31.0 Å². The van der Waals surface area contributed by atoms with Crippen molar-refractivity contribution in [1.82, 2.24) is 19.4 Å². The number of anilines is 1. The highest BCUT2D eigenvalue weighted by Gasteiger charge is 2.13. The molecule has 18 heavy (non-hydrogen) atoms. The fourth-order valence-corrected chi connectivity index (χ4v) is 1.87. The molecule has 0 saturated carbocycles. The third kappa shape index (κ3) is 2.71. The van der Waals surface area contributed by atoms with E-state index in [-0.39, 0.29) is 11.9 Å². The lowest BCUT2D eigenvalue weighted by molar-refractivity contribution is 0.0928. The van der Waals surface area contributed by atoms with E-state index in [9.17, 15) is 4.79 Å². The number of imidazole rings is 1. The number of nitrogen functional groups attached to an aromatic ring is 1. The highest BCUT2D eigenvalue weighted by atomic mass is 16.2. The van der Waals surface area contributed by atoms with E-state index in [0.29, 0.717) is 17.9 Å². The third-order valence-electron chi connectivity index (χ3n) is 2.68. The average Bonchev–Trinajstić information content (AvgIpc) is 2.88. The Labute approximate surface area is 105 Å². The Morgan fingerprint density at radius 3 is 2.94 bits per heavy atom. The Bertz CT molecular complexity index is 529. The van der Waals surface area contributed by atoms with Crippen molar-refractivity contribution in [2.24, 2.45) is 7.05 Å². The summed E-state index contributed by atoms with van der Waals surface area (Å²) >= 11 is 0. The van der Waals surface area contributed by atoms with E-state index >= 15 is 0 Å². The molecule has 1 unspecified atom stereocenters. The predicted molar refractivity (Wildman–Crippen MR) is 69.0 cm³/mol. The molecule has 2 aromatic rings. The number of nitrogens with zero attached hydrogens (tertiary/aromatic N) is 3.